The molecule has 1 aliphatic rings. The monoisotopic (exact) mass is 285 g/mol. The molecule has 0 amide bonds. The van der Waals surface area contributed by atoms with Crippen LogP contribution in [-0.4, -0.2) is 16.3 Å². The Morgan fingerprint density at radius 1 is 1.24 bits per heavy atom. The SMILES string of the molecule is C=CCn1cccc1C1CC(c2ccc(F)cc2)C1CO. The van der Waals surface area contributed by atoms with Crippen LogP contribution in [0.15, 0.2) is 55.3 Å². The molecule has 1 fully saturated rings. The van der Waals surface area contributed by atoms with E-state index in [0.717, 1.165) is 18.5 Å². The number of allylic oxidation sites excluding steroid dienone is 1. The third-order valence-electron chi connectivity index (χ3n) is 4.62. The largest absolute Gasteiger partial charge is 0.396 e. The summed E-state index contributed by atoms with van der Waals surface area (Å²) in [5, 5.41) is 9.76. The summed E-state index contributed by atoms with van der Waals surface area (Å²) in [7, 11) is 0. The molecule has 1 aromatic heterocycles. The molecular weight excluding hydrogens is 265 g/mol. The summed E-state index contributed by atoms with van der Waals surface area (Å²) in [5.41, 5.74) is 2.38. The van der Waals surface area contributed by atoms with Crippen LogP contribution in [0, 0.1) is 11.7 Å². The van der Waals surface area contributed by atoms with Gasteiger partial charge < -0.3 is 9.67 Å². The van der Waals surface area contributed by atoms with E-state index in [1.54, 1.807) is 0 Å². The Labute approximate surface area is 124 Å². The van der Waals surface area contributed by atoms with E-state index in [1.807, 2.05) is 24.3 Å². The highest BCUT2D eigenvalue weighted by Gasteiger charge is 2.43. The molecule has 3 rings (SSSR count). The summed E-state index contributed by atoms with van der Waals surface area (Å²) in [4.78, 5) is 0. The van der Waals surface area contributed by atoms with Crippen molar-refractivity contribution in [1.29, 1.82) is 0 Å². The normalized spacial score (nSPS) is 24.6. The first kappa shape index (κ1) is 14.1. The Morgan fingerprint density at radius 3 is 2.67 bits per heavy atom. The highest BCUT2D eigenvalue weighted by molar-refractivity contribution is 5.30. The van der Waals surface area contributed by atoms with Crippen LogP contribution in [0.2, 0.25) is 0 Å². The Bertz CT molecular complexity index is 616. The fourth-order valence-corrected chi connectivity index (χ4v) is 3.46. The van der Waals surface area contributed by atoms with Crippen LogP contribution in [0.3, 0.4) is 0 Å². The van der Waals surface area contributed by atoms with Crippen LogP contribution in [-0.2, 0) is 6.54 Å². The van der Waals surface area contributed by atoms with Crippen molar-refractivity contribution in [1.82, 2.24) is 4.57 Å². The Morgan fingerprint density at radius 2 is 2.00 bits per heavy atom. The van der Waals surface area contributed by atoms with Gasteiger partial charge in [0.25, 0.3) is 0 Å². The van der Waals surface area contributed by atoms with Crippen LogP contribution in [0.4, 0.5) is 4.39 Å². The zero-order chi connectivity index (χ0) is 14.8. The maximum Gasteiger partial charge on any atom is 0.123 e. The quantitative estimate of drug-likeness (QED) is 0.833. The molecule has 1 aromatic carbocycles. The predicted molar refractivity (Wildman–Crippen MR) is 81.7 cm³/mol. The summed E-state index contributed by atoms with van der Waals surface area (Å²) < 4.78 is 15.2. The van der Waals surface area contributed by atoms with E-state index in [-0.39, 0.29) is 18.3 Å². The van der Waals surface area contributed by atoms with Gasteiger partial charge >= 0.3 is 0 Å². The molecule has 0 bridgehead atoms. The second-order valence-electron chi connectivity index (χ2n) is 5.72. The molecule has 1 heterocycles. The number of hydrogen-bond donors (Lipinski definition) is 1. The fourth-order valence-electron chi connectivity index (χ4n) is 3.46. The molecule has 3 atom stereocenters. The molecule has 21 heavy (non-hydrogen) atoms. The van der Waals surface area contributed by atoms with Crippen molar-refractivity contribution in [3.05, 3.63) is 72.3 Å². The standard InChI is InChI=1S/C18H20FNO/c1-2-9-20-10-3-4-18(20)16-11-15(17(16)12-21)13-5-7-14(19)8-6-13/h2-8,10,15-17,21H,1,9,11-12H2. The van der Waals surface area contributed by atoms with Crippen LogP contribution in [0.25, 0.3) is 0 Å². The highest BCUT2D eigenvalue weighted by Crippen LogP contribution is 2.52. The second-order valence-corrected chi connectivity index (χ2v) is 5.72. The minimum Gasteiger partial charge on any atom is -0.396 e. The summed E-state index contributed by atoms with van der Waals surface area (Å²) in [6.45, 7) is 4.73. The third-order valence-corrected chi connectivity index (χ3v) is 4.62. The predicted octanol–water partition coefficient (Wildman–Crippen LogP) is 3.69. The van der Waals surface area contributed by atoms with Gasteiger partial charge in [-0.3, -0.25) is 0 Å². The number of benzene rings is 1. The Kier molecular flexibility index (Phi) is 3.93. The number of rotatable bonds is 5. The van der Waals surface area contributed by atoms with Gasteiger partial charge in [-0.1, -0.05) is 18.2 Å². The van der Waals surface area contributed by atoms with Crippen molar-refractivity contribution in [2.24, 2.45) is 5.92 Å². The smallest absolute Gasteiger partial charge is 0.123 e. The van der Waals surface area contributed by atoms with Gasteiger partial charge in [-0.25, -0.2) is 4.39 Å². The zero-order valence-electron chi connectivity index (χ0n) is 12.0. The average Bonchev–Trinajstić information content (AvgIpc) is 2.89. The van der Waals surface area contributed by atoms with Crippen molar-refractivity contribution in [3.63, 3.8) is 0 Å². The van der Waals surface area contributed by atoms with Crippen molar-refractivity contribution in [3.8, 4) is 0 Å². The lowest BCUT2D eigenvalue weighted by atomic mass is 9.61. The van der Waals surface area contributed by atoms with E-state index < -0.39 is 0 Å². The van der Waals surface area contributed by atoms with Crippen molar-refractivity contribution >= 4 is 0 Å². The van der Waals surface area contributed by atoms with Crippen molar-refractivity contribution in [2.45, 2.75) is 24.8 Å². The van der Waals surface area contributed by atoms with Crippen LogP contribution >= 0.6 is 0 Å². The molecular formula is C18H20FNO. The Balaban J connectivity index is 1.80. The maximum atomic E-state index is 13.0. The molecule has 0 saturated heterocycles. The average molecular weight is 285 g/mol. The van der Waals surface area contributed by atoms with Crippen molar-refractivity contribution in [2.75, 3.05) is 6.61 Å². The van der Waals surface area contributed by atoms with Gasteiger partial charge in [-0.15, -0.1) is 6.58 Å². The molecule has 1 saturated carbocycles. The second kappa shape index (κ2) is 5.86. The molecule has 3 heteroatoms. The summed E-state index contributed by atoms with van der Waals surface area (Å²) >= 11 is 0. The van der Waals surface area contributed by atoms with Gasteiger partial charge in [-0.2, -0.15) is 0 Å². The molecule has 0 aliphatic heterocycles. The molecule has 0 radical (unpaired) electrons. The highest BCUT2D eigenvalue weighted by atomic mass is 19.1. The molecule has 1 aliphatic carbocycles. The van der Waals surface area contributed by atoms with Gasteiger partial charge in [-0.05, 0) is 48.1 Å². The maximum absolute atomic E-state index is 13.0. The summed E-state index contributed by atoms with van der Waals surface area (Å²) in [6.07, 6.45) is 4.93. The fraction of sp³-hybridized carbons (Fsp3) is 0.333. The van der Waals surface area contributed by atoms with Gasteiger partial charge in [0.15, 0.2) is 0 Å². The van der Waals surface area contributed by atoms with Gasteiger partial charge in [0.2, 0.25) is 0 Å². The first-order chi connectivity index (χ1) is 10.2. The number of hydrogen-bond acceptors (Lipinski definition) is 1. The van der Waals surface area contributed by atoms with E-state index in [4.69, 9.17) is 0 Å². The lowest BCUT2D eigenvalue weighted by molar-refractivity contribution is 0.102. The number of nitrogens with zero attached hydrogens (tertiary/aromatic N) is 1. The number of aliphatic hydroxyl groups excluding tert-OH is 1. The van der Waals surface area contributed by atoms with Crippen LogP contribution in [0.5, 0.6) is 0 Å². The minimum atomic E-state index is -0.213. The molecule has 110 valence electrons. The summed E-state index contributed by atoms with van der Waals surface area (Å²) in [6, 6.07) is 10.8. The molecule has 2 aromatic rings. The summed E-state index contributed by atoms with van der Waals surface area (Å²) in [5.74, 6) is 0.664. The van der Waals surface area contributed by atoms with E-state index >= 15 is 0 Å². The van der Waals surface area contributed by atoms with E-state index in [0.29, 0.717) is 11.8 Å². The topological polar surface area (TPSA) is 25.2 Å². The van der Waals surface area contributed by atoms with E-state index in [1.165, 1.54) is 17.8 Å². The Hall–Kier alpha value is -1.87. The minimum absolute atomic E-state index is 0.159. The lowest BCUT2D eigenvalue weighted by Gasteiger charge is -2.44. The van der Waals surface area contributed by atoms with Crippen LogP contribution in [0.1, 0.15) is 29.5 Å². The van der Waals surface area contributed by atoms with Gasteiger partial charge in [0, 0.05) is 31.0 Å². The van der Waals surface area contributed by atoms with Gasteiger partial charge in [0.05, 0.1) is 0 Å². The lowest BCUT2D eigenvalue weighted by Crippen LogP contribution is -2.36. The van der Waals surface area contributed by atoms with Crippen LogP contribution < -0.4 is 0 Å². The third kappa shape index (κ3) is 2.54. The number of aromatic nitrogens is 1. The first-order valence-corrected chi connectivity index (χ1v) is 7.37. The number of aliphatic hydroxyl groups is 1. The molecule has 1 N–H and O–H groups in total. The molecule has 2 nitrogen and oxygen atoms in total. The number of halogens is 1. The zero-order valence-corrected chi connectivity index (χ0v) is 12.0. The van der Waals surface area contributed by atoms with E-state index in [2.05, 4.69) is 23.4 Å². The van der Waals surface area contributed by atoms with Crippen molar-refractivity contribution < 1.29 is 9.50 Å². The molecule has 0 spiro atoms. The van der Waals surface area contributed by atoms with E-state index in [9.17, 15) is 9.50 Å². The van der Waals surface area contributed by atoms with Gasteiger partial charge in [0.1, 0.15) is 5.82 Å². The molecule has 3 unspecified atom stereocenters. The first-order valence-electron chi connectivity index (χ1n) is 7.37.